The first-order valence-corrected chi connectivity index (χ1v) is 10.7. The summed E-state index contributed by atoms with van der Waals surface area (Å²) in [5, 5.41) is 7.06. The number of aryl methyl sites for hydroxylation is 2. The normalized spacial score (nSPS) is 21.3. The summed E-state index contributed by atoms with van der Waals surface area (Å²) in [5.74, 6) is -0.307. The second-order valence-electron chi connectivity index (χ2n) is 8.04. The quantitative estimate of drug-likeness (QED) is 0.756. The Morgan fingerprint density at radius 2 is 2.03 bits per heavy atom. The lowest BCUT2D eigenvalue weighted by atomic mass is 9.81. The third kappa shape index (κ3) is 4.41. The number of amides is 4. The van der Waals surface area contributed by atoms with Crippen molar-refractivity contribution in [2.75, 3.05) is 11.9 Å². The molecule has 31 heavy (non-hydrogen) atoms. The minimum Gasteiger partial charge on any atom is -0.337 e. The van der Waals surface area contributed by atoms with Crippen molar-refractivity contribution in [3.63, 3.8) is 0 Å². The Hall–Kier alpha value is -2.94. The second kappa shape index (κ2) is 8.66. The van der Waals surface area contributed by atoms with Crippen LogP contribution in [0.5, 0.6) is 0 Å². The summed E-state index contributed by atoms with van der Waals surface area (Å²) < 4.78 is 5.10. The van der Waals surface area contributed by atoms with Crippen LogP contribution in [0, 0.1) is 19.8 Å². The lowest BCUT2D eigenvalue weighted by molar-refractivity contribution is -0.142. The highest BCUT2D eigenvalue weighted by molar-refractivity contribution is 6.31. The molecule has 10 heteroatoms. The van der Waals surface area contributed by atoms with Gasteiger partial charge in [0.1, 0.15) is 13.1 Å². The molecule has 2 fully saturated rings. The molecule has 1 saturated heterocycles. The van der Waals surface area contributed by atoms with E-state index < -0.39 is 6.03 Å². The Morgan fingerprint density at radius 1 is 1.26 bits per heavy atom. The molecule has 164 valence electrons. The molecule has 0 radical (unpaired) electrons. The van der Waals surface area contributed by atoms with Crippen molar-refractivity contribution in [3.8, 4) is 0 Å². The molecular formula is C21H24ClN5O4. The third-order valence-electron chi connectivity index (χ3n) is 5.84. The molecule has 2 heterocycles. The molecule has 2 aliphatic rings. The van der Waals surface area contributed by atoms with E-state index in [-0.39, 0.29) is 42.8 Å². The Kier molecular flexibility index (Phi) is 5.95. The molecule has 1 aliphatic heterocycles. The van der Waals surface area contributed by atoms with Gasteiger partial charge in [-0.3, -0.25) is 14.5 Å². The van der Waals surface area contributed by atoms with Crippen LogP contribution < -0.4 is 5.32 Å². The van der Waals surface area contributed by atoms with Crippen LogP contribution in [0.4, 0.5) is 10.5 Å². The molecule has 4 rings (SSSR count). The van der Waals surface area contributed by atoms with Crippen LogP contribution in [0.25, 0.3) is 0 Å². The van der Waals surface area contributed by atoms with Crippen LogP contribution in [0.3, 0.4) is 0 Å². The lowest BCUT2D eigenvalue weighted by Gasteiger charge is -2.46. The van der Waals surface area contributed by atoms with Gasteiger partial charge in [0.2, 0.25) is 17.7 Å². The molecule has 9 nitrogen and oxygen atoms in total. The summed E-state index contributed by atoms with van der Waals surface area (Å²) >= 11 is 6.04. The first kappa shape index (κ1) is 21.3. The zero-order valence-corrected chi connectivity index (χ0v) is 18.2. The van der Waals surface area contributed by atoms with Gasteiger partial charge in [0.15, 0.2) is 5.82 Å². The number of halogens is 1. The first-order chi connectivity index (χ1) is 14.8. The average Bonchev–Trinajstić information content (AvgIpc) is 3.16. The van der Waals surface area contributed by atoms with E-state index in [0.717, 1.165) is 23.3 Å². The number of nitrogens with one attached hydrogen (secondary N) is 1. The van der Waals surface area contributed by atoms with E-state index in [1.54, 1.807) is 19.1 Å². The van der Waals surface area contributed by atoms with Gasteiger partial charge in [0.25, 0.3) is 0 Å². The van der Waals surface area contributed by atoms with E-state index in [0.29, 0.717) is 29.4 Å². The molecule has 2 atom stereocenters. The predicted octanol–water partition coefficient (Wildman–Crippen LogP) is 3.30. The molecule has 0 bridgehead atoms. The Morgan fingerprint density at radius 3 is 2.77 bits per heavy atom. The van der Waals surface area contributed by atoms with Gasteiger partial charge in [-0.2, -0.15) is 4.98 Å². The summed E-state index contributed by atoms with van der Waals surface area (Å²) in [6.45, 7) is 3.27. The van der Waals surface area contributed by atoms with E-state index >= 15 is 0 Å². The fourth-order valence-electron chi connectivity index (χ4n) is 4.31. The Labute approximate surface area is 184 Å². The summed E-state index contributed by atoms with van der Waals surface area (Å²) in [7, 11) is 0. The van der Waals surface area contributed by atoms with Crippen LogP contribution in [0.15, 0.2) is 22.7 Å². The van der Waals surface area contributed by atoms with Crippen LogP contribution in [-0.2, 0) is 16.1 Å². The van der Waals surface area contributed by atoms with Crippen molar-refractivity contribution in [2.24, 2.45) is 5.92 Å². The van der Waals surface area contributed by atoms with E-state index in [2.05, 4.69) is 15.5 Å². The maximum Gasteiger partial charge on any atom is 0.327 e. The molecule has 1 aliphatic carbocycles. The average molecular weight is 446 g/mol. The number of benzene rings is 1. The van der Waals surface area contributed by atoms with Gasteiger partial charge in [0.05, 0.1) is 5.92 Å². The van der Waals surface area contributed by atoms with Crippen molar-refractivity contribution in [3.05, 3.63) is 40.5 Å². The number of anilines is 1. The number of aromatic nitrogens is 2. The smallest absolute Gasteiger partial charge is 0.327 e. The van der Waals surface area contributed by atoms with Gasteiger partial charge in [0, 0.05) is 16.8 Å². The molecule has 2 unspecified atom stereocenters. The number of nitrogens with zero attached hydrogens (tertiary/aromatic N) is 4. The van der Waals surface area contributed by atoms with Crippen molar-refractivity contribution in [1.82, 2.24) is 19.9 Å². The number of carbonyl (C=O) groups is 3. The Bertz CT molecular complexity index is 1020. The maximum absolute atomic E-state index is 13.3. The fourth-order valence-corrected chi connectivity index (χ4v) is 4.48. The molecule has 4 amide bonds. The number of hydrogen-bond donors (Lipinski definition) is 1. The number of imide groups is 1. The zero-order valence-electron chi connectivity index (χ0n) is 17.4. The summed E-state index contributed by atoms with van der Waals surface area (Å²) in [6, 6.07) is 4.43. The van der Waals surface area contributed by atoms with Gasteiger partial charge in [-0.25, -0.2) is 4.79 Å². The number of fused-ring (bicyclic) bond motifs is 1. The highest BCUT2D eigenvalue weighted by Crippen LogP contribution is 2.35. The van der Waals surface area contributed by atoms with Crippen molar-refractivity contribution in [2.45, 2.75) is 52.1 Å². The van der Waals surface area contributed by atoms with Crippen LogP contribution in [0.1, 0.15) is 43.0 Å². The minimum absolute atomic E-state index is 0.104. The highest BCUT2D eigenvalue weighted by Gasteiger charge is 2.47. The fraction of sp³-hybridized carbons (Fsp3) is 0.476. The van der Waals surface area contributed by atoms with Gasteiger partial charge in [-0.15, -0.1) is 0 Å². The highest BCUT2D eigenvalue weighted by atomic mass is 35.5. The van der Waals surface area contributed by atoms with E-state index in [4.69, 9.17) is 16.1 Å². The maximum atomic E-state index is 13.3. The van der Waals surface area contributed by atoms with Crippen molar-refractivity contribution < 1.29 is 18.9 Å². The molecule has 1 aromatic carbocycles. The van der Waals surface area contributed by atoms with Gasteiger partial charge in [-0.1, -0.05) is 35.7 Å². The molecule has 0 spiro atoms. The van der Waals surface area contributed by atoms with Crippen molar-refractivity contribution in [1.29, 1.82) is 0 Å². The van der Waals surface area contributed by atoms with E-state index in [1.165, 1.54) is 4.90 Å². The molecule has 2 aromatic rings. The standard InChI is InChI=1S/C21H24ClN5O4/c1-12-7-8-14(22)9-16(12)24-18(28)10-26-17-6-4-3-5-15(17)20(29)27(21(26)30)11-19-23-13(2)25-31-19/h7-9,15,17H,3-6,10-11H2,1-2H3,(H,24,28). The van der Waals surface area contributed by atoms with E-state index in [9.17, 15) is 14.4 Å². The Balaban J connectivity index is 1.55. The zero-order chi connectivity index (χ0) is 22.1. The lowest BCUT2D eigenvalue weighted by Crippen LogP contribution is -2.63. The van der Waals surface area contributed by atoms with Crippen LogP contribution >= 0.6 is 11.6 Å². The van der Waals surface area contributed by atoms with Gasteiger partial charge >= 0.3 is 6.03 Å². The topological polar surface area (TPSA) is 109 Å². The third-order valence-corrected chi connectivity index (χ3v) is 6.08. The molecule has 1 saturated carbocycles. The van der Waals surface area contributed by atoms with Crippen LogP contribution in [0.2, 0.25) is 5.02 Å². The monoisotopic (exact) mass is 445 g/mol. The number of hydrogen-bond acceptors (Lipinski definition) is 6. The summed E-state index contributed by atoms with van der Waals surface area (Å²) in [4.78, 5) is 45.9. The van der Waals surface area contributed by atoms with Gasteiger partial charge < -0.3 is 14.7 Å². The largest absolute Gasteiger partial charge is 0.337 e. The molecular weight excluding hydrogens is 422 g/mol. The number of urea groups is 1. The first-order valence-electron chi connectivity index (χ1n) is 10.3. The molecule has 1 aromatic heterocycles. The minimum atomic E-state index is -0.512. The number of carbonyl (C=O) groups excluding carboxylic acids is 3. The second-order valence-corrected chi connectivity index (χ2v) is 8.47. The van der Waals surface area contributed by atoms with Crippen molar-refractivity contribution >= 4 is 35.1 Å². The van der Waals surface area contributed by atoms with Gasteiger partial charge in [-0.05, 0) is 44.4 Å². The van der Waals surface area contributed by atoms with E-state index in [1.807, 2.05) is 13.0 Å². The summed E-state index contributed by atoms with van der Waals surface area (Å²) in [5.41, 5.74) is 1.46. The molecule has 1 N–H and O–H groups in total. The number of rotatable bonds is 5. The predicted molar refractivity (Wildman–Crippen MR) is 112 cm³/mol. The summed E-state index contributed by atoms with van der Waals surface area (Å²) in [6.07, 6.45) is 3.20. The SMILES string of the molecule is Cc1noc(CN2C(=O)C3CCCCC3N(CC(=O)Nc3cc(Cl)ccc3C)C2=O)n1. The van der Waals surface area contributed by atoms with Crippen LogP contribution in [-0.4, -0.2) is 50.4 Å².